The molecule has 6 heteroatoms. The van der Waals surface area contributed by atoms with E-state index in [2.05, 4.69) is 5.32 Å². The van der Waals surface area contributed by atoms with Gasteiger partial charge in [-0.25, -0.2) is 8.42 Å². The van der Waals surface area contributed by atoms with E-state index in [0.29, 0.717) is 17.1 Å². The van der Waals surface area contributed by atoms with Crippen molar-refractivity contribution in [3.8, 4) is 0 Å². The minimum absolute atomic E-state index is 0.151. The third-order valence-corrected chi connectivity index (χ3v) is 3.75. The van der Waals surface area contributed by atoms with Crippen molar-refractivity contribution >= 4 is 27.3 Å². The zero-order chi connectivity index (χ0) is 12.9. The zero-order valence-corrected chi connectivity index (χ0v) is 11.0. The van der Waals surface area contributed by atoms with Crippen LogP contribution in [0.25, 0.3) is 0 Å². The fourth-order valence-corrected chi connectivity index (χ4v) is 2.76. The van der Waals surface area contributed by atoms with Crippen LogP contribution in [0.2, 0.25) is 5.02 Å². The number of hydrogen-bond donors (Lipinski definition) is 1. The molecule has 0 bridgehead atoms. The molecule has 0 saturated heterocycles. The summed E-state index contributed by atoms with van der Waals surface area (Å²) in [6.45, 7) is 2.17. The summed E-state index contributed by atoms with van der Waals surface area (Å²) in [7, 11) is -3.42. The highest BCUT2D eigenvalue weighted by atomic mass is 35.5. The third-order valence-electron chi connectivity index (χ3n) is 2.02. The second kappa shape index (κ2) is 6.02. The van der Waals surface area contributed by atoms with Crippen LogP contribution in [0.5, 0.6) is 0 Å². The molecule has 4 nitrogen and oxygen atoms in total. The number of benzene rings is 1. The molecular weight excluding hydrogens is 262 g/mol. The first kappa shape index (κ1) is 14.0. The van der Waals surface area contributed by atoms with E-state index in [1.165, 1.54) is 0 Å². The number of halogens is 1. The number of rotatable bonds is 5. The highest BCUT2D eigenvalue weighted by Crippen LogP contribution is 2.12. The lowest BCUT2D eigenvalue weighted by atomic mass is 10.2. The lowest BCUT2D eigenvalue weighted by Gasteiger charge is -2.05. The Bertz CT molecular complexity index is 482. The molecule has 0 radical (unpaired) electrons. The molecule has 0 aromatic heterocycles. The highest BCUT2D eigenvalue weighted by molar-refractivity contribution is 7.91. The summed E-state index contributed by atoms with van der Waals surface area (Å²) in [6.07, 6.45) is 0. The molecule has 0 atom stereocenters. The summed E-state index contributed by atoms with van der Waals surface area (Å²) in [5, 5.41) is 3.01. The van der Waals surface area contributed by atoms with Crippen LogP contribution in [-0.4, -0.2) is 26.6 Å². The summed E-state index contributed by atoms with van der Waals surface area (Å²) >= 11 is 5.69. The molecule has 0 aliphatic rings. The van der Waals surface area contributed by atoms with Gasteiger partial charge in [-0.15, -0.1) is 0 Å². The normalized spacial score (nSPS) is 11.2. The van der Waals surface area contributed by atoms with Gasteiger partial charge in [0.15, 0.2) is 9.84 Å². The number of sulfone groups is 1. The Balaban J connectivity index is 2.66. The first-order valence-electron chi connectivity index (χ1n) is 5.14. The van der Waals surface area contributed by atoms with Gasteiger partial charge in [0.25, 0.3) is 0 Å². The van der Waals surface area contributed by atoms with Crippen molar-refractivity contribution in [3.05, 3.63) is 34.9 Å². The van der Waals surface area contributed by atoms with Crippen molar-refractivity contribution in [2.24, 2.45) is 0 Å². The minimum Gasteiger partial charge on any atom is -0.356 e. The predicted octanol–water partition coefficient (Wildman–Crippen LogP) is 1.39. The molecule has 0 unspecified atom stereocenters. The van der Waals surface area contributed by atoms with Crippen molar-refractivity contribution in [1.29, 1.82) is 0 Å². The Morgan fingerprint density at radius 3 is 2.41 bits per heavy atom. The lowest BCUT2D eigenvalue weighted by molar-refractivity contribution is -0.118. The van der Waals surface area contributed by atoms with Crippen molar-refractivity contribution in [2.75, 3.05) is 12.3 Å². The third kappa shape index (κ3) is 5.19. The van der Waals surface area contributed by atoms with Gasteiger partial charge in [0.05, 0.1) is 5.75 Å². The molecule has 94 valence electrons. The van der Waals surface area contributed by atoms with E-state index in [4.69, 9.17) is 11.6 Å². The fourth-order valence-electron chi connectivity index (χ4n) is 1.33. The van der Waals surface area contributed by atoms with Gasteiger partial charge in [-0.1, -0.05) is 23.7 Å². The molecule has 1 rings (SSSR count). The summed E-state index contributed by atoms with van der Waals surface area (Å²) in [4.78, 5) is 11.2. The van der Waals surface area contributed by atoms with Crippen LogP contribution >= 0.6 is 11.6 Å². The monoisotopic (exact) mass is 275 g/mol. The number of carbonyl (C=O) groups is 1. The van der Waals surface area contributed by atoms with Gasteiger partial charge in [0.1, 0.15) is 5.75 Å². The van der Waals surface area contributed by atoms with E-state index in [1.807, 2.05) is 0 Å². The SMILES string of the molecule is CCNC(=O)CS(=O)(=O)Cc1ccc(Cl)cc1. The maximum Gasteiger partial charge on any atom is 0.235 e. The van der Waals surface area contributed by atoms with E-state index < -0.39 is 21.5 Å². The molecule has 1 aromatic rings. The van der Waals surface area contributed by atoms with E-state index in [1.54, 1.807) is 31.2 Å². The molecule has 0 aliphatic carbocycles. The van der Waals surface area contributed by atoms with Crippen LogP contribution in [0.4, 0.5) is 0 Å². The largest absolute Gasteiger partial charge is 0.356 e. The summed E-state index contributed by atoms with van der Waals surface area (Å²) in [5.41, 5.74) is 0.624. The topological polar surface area (TPSA) is 63.2 Å². The van der Waals surface area contributed by atoms with Crippen molar-refractivity contribution < 1.29 is 13.2 Å². The van der Waals surface area contributed by atoms with Gasteiger partial charge in [-0.2, -0.15) is 0 Å². The second-order valence-corrected chi connectivity index (χ2v) is 6.11. The Morgan fingerprint density at radius 2 is 1.88 bits per heavy atom. The minimum atomic E-state index is -3.42. The van der Waals surface area contributed by atoms with E-state index >= 15 is 0 Å². The van der Waals surface area contributed by atoms with Gasteiger partial charge >= 0.3 is 0 Å². The van der Waals surface area contributed by atoms with Crippen molar-refractivity contribution in [2.45, 2.75) is 12.7 Å². The first-order valence-corrected chi connectivity index (χ1v) is 7.34. The highest BCUT2D eigenvalue weighted by Gasteiger charge is 2.16. The zero-order valence-electron chi connectivity index (χ0n) is 9.44. The summed E-state index contributed by atoms with van der Waals surface area (Å²) in [5.74, 6) is -1.11. The fraction of sp³-hybridized carbons (Fsp3) is 0.364. The molecule has 1 aromatic carbocycles. The Kier molecular flexibility index (Phi) is 4.96. The predicted molar refractivity (Wildman–Crippen MR) is 67.6 cm³/mol. The Labute approximate surface area is 106 Å². The van der Waals surface area contributed by atoms with Gasteiger partial charge < -0.3 is 5.32 Å². The standard InChI is InChI=1S/C11H14ClNO3S/c1-2-13-11(14)8-17(15,16)7-9-3-5-10(12)6-4-9/h3-6H,2,7-8H2,1H3,(H,13,14). The van der Waals surface area contributed by atoms with Gasteiger partial charge in [-0.3, -0.25) is 4.79 Å². The molecule has 1 N–H and O–H groups in total. The number of carbonyl (C=O) groups excluding carboxylic acids is 1. The number of nitrogens with one attached hydrogen (secondary N) is 1. The van der Waals surface area contributed by atoms with Crippen LogP contribution in [0, 0.1) is 0 Å². The molecule has 0 saturated carbocycles. The lowest BCUT2D eigenvalue weighted by Crippen LogP contribution is -2.30. The Hall–Kier alpha value is -1.07. The van der Waals surface area contributed by atoms with Crippen LogP contribution in [-0.2, 0) is 20.4 Å². The van der Waals surface area contributed by atoms with Gasteiger partial charge in [0, 0.05) is 11.6 Å². The summed E-state index contributed by atoms with van der Waals surface area (Å²) in [6, 6.07) is 6.52. The average molecular weight is 276 g/mol. The van der Waals surface area contributed by atoms with E-state index in [9.17, 15) is 13.2 Å². The van der Waals surface area contributed by atoms with E-state index in [-0.39, 0.29) is 5.75 Å². The average Bonchev–Trinajstić information content (AvgIpc) is 2.20. The summed E-state index contributed by atoms with van der Waals surface area (Å²) < 4.78 is 23.4. The number of amides is 1. The molecule has 0 aliphatic heterocycles. The van der Waals surface area contributed by atoms with Crippen molar-refractivity contribution in [3.63, 3.8) is 0 Å². The molecule has 0 spiro atoms. The second-order valence-electron chi connectivity index (χ2n) is 3.61. The molecule has 17 heavy (non-hydrogen) atoms. The maximum absolute atomic E-state index is 11.7. The molecule has 0 fully saturated rings. The van der Waals surface area contributed by atoms with Crippen LogP contribution < -0.4 is 5.32 Å². The van der Waals surface area contributed by atoms with Crippen LogP contribution in [0.3, 0.4) is 0 Å². The maximum atomic E-state index is 11.7. The van der Waals surface area contributed by atoms with Crippen LogP contribution in [0.15, 0.2) is 24.3 Å². The smallest absolute Gasteiger partial charge is 0.235 e. The molecular formula is C11H14ClNO3S. The molecule has 0 heterocycles. The first-order chi connectivity index (χ1) is 7.93. The van der Waals surface area contributed by atoms with Crippen LogP contribution in [0.1, 0.15) is 12.5 Å². The van der Waals surface area contributed by atoms with E-state index in [0.717, 1.165) is 0 Å². The Morgan fingerprint density at radius 1 is 1.29 bits per heavy atom. The van der Waals surface area contributed by atoms with Gasteiger partial charge in [-0.05, 0) is 24.6 Å². The van der Waals surface area contributed by atoms with Crippen molar-refractivity contribution in [1.82, 2.24) is 5.32 Å². The quantitative estimate of drug-likeness (QED) is 0.883. The molecule has 1 amide bonds. The van der Waals surface area contributed by atoms with Gasteiger partial charge in [0.2, 0.25) is 5.91 Å². The number of hydrogen-bond acceptors (Lipinski definition) is 3.